The molecule has 136 valence electrons. The fourth-order valence-electron chi connectivity index (χ4n) is 2.39. The summed E-state index contributed by atoms with van der Waals surface area (Å²) >= 11 is 0. The topological polar surface area (TPSA) is 87.3 Å². The summed E-state index contributed by atoms with van der Waals surface area (Å²) in [6.07, 6.45) is -0.295. The fraction of sp³-hybridized carbons (Fsp3) is 0.250. The van der Waals surface area contributed by atoms with E-state index in [4.69, 9.17) is 0 Å². The van der Waals surface area contributed by atoms with Crippen molar-refractivity contribution >= 4 is 34.8 Å². The van der Waals surface area contributed by atoms with Gasteiger partial charge in [0.05, 0.1) is 0 Å². The molecule has 2 aromatic rings. The van der Waals surface area contributed by atoms with Crippen molar-refractivity contribution in [3.63, 3.8) is 0 Å². The molecule has 0 aliphatic rings. The Morgan fingerprint density at radius 1 is 0.808 bits per heavy atom. The minimum absolute atomic E-state index is 0.198. The van der Waals surface area contributed by atoms with Crippen molar-refractivity contribution < 1.29 is 14.4 Å². The summed E-state index contributed by atoms with van der Waals surface area (Å²) in [4.78, 5) is 35.1. The molecule has 0 aromatic heterocycles. The van der Waals surface area contributed by atoms with E-state index in [-0.39, 0.29) is 12.3 Å². The van der Waals surface area contributed by atoms with Gasteiger partial charge in [-0.2, -0.15) is 0 Å². The number of hydrogen-bond donors (Lipinski definition) is 3. The van der Waals surface area contributed by atoms with Gasteiger partial charge in [0.2, 0.25) is 17.7 Å². The molecule has 3 N–H and O–H groups in total. The van der Waals surface area contributed by atoms with E-state index in [1.807, 2.05) is 24.3 Å². The molecule has 0 heterocycles. The Hall–Kier alpha value is -3.15. The van der Waals surface area contributed by atoms with E-state index in [2.05, 4.69) is 29.8 Å². The number of carbonyl (C=O) groups excluding carboxylic acids is 3. The van der Waals surface area contributed by atoms with Gasteiger partial charge in [0, 0.05) is 24.0 Å². The number of benzene rings is 2. The first-order chi connectivity index (χ1) is 12.3. The standard InChI is InChI=1S/C20H23N3O3/c1-13(2)15-7-9-16(10-8-15)22-19(25)12-20(26)23-18-6-4-5-17(11-18)21-14(3)24/h4-11,13H,12H2,1-3H3,(H,21,24)(H,22,25)(H,23,26). The van der Waals surface area contributed by atoms with Crippen LogP contribution in [0.3, 0.4) is 0 Å². The molecule has 6 heteroatoms. The van der Waals surface area contributed by atoms with Gasteiger partial charge in [0.15, 0.2) is 0 Å². The molecule has 0 spiro atoms. The maximum atomic E-state index is 12.0. The Labute approximate surface area is 153 Å². The third-order valence-electron chi connectivity index (χ3n) is 3.65. The minimum Gasteiger partial charge on any atom is -0.326 e. The van der Waals surface area contributed by atoms with Crippen LogP contribution in [0.2, 0.25) is 0 Å². The van der Waals surface area contributed by atoms with E-state index in [9.17, 15) is 14.4 Å². The third kappa shape index (κ3) is 6.05. The first-order valence-electron chi connectivity index (χ1n) is 8.41. The Kier molecular flexibility index (Phi) is 6.49. The lowest BCUT2D eigenvalue weighted by atomic mass is 10.0. The van der Waals surface area contributed by atoms with Crippen molar-refractivity contribution in [2.75, 3.05) is 16.0 Å². The second-order valence-electron chi connectivity index (χ2n) is 6.31. The monoisotopic (exact) mass is 353 g/mol. The van der Waals surface area contributed by atoms with Gasteiger partial charge >= 0.3 is 0 Å². The van der Waals surface area contributed by atoms with Crippen LogP contribution >= 0.6 is 0 Å². The zero-order valence-corrected chi connectivity index (χ0v) is 15.1. The van der Waals surface area contributed by atoms with Crippen LogP contribution in [0.1, 0.15) is 38.7 Å². The van der Waals surface area contributed by atoms with Crippen LogP contribution in [-0.2, 0) is 14.4 Å². The predicted octanol–water partition coefficient (Wildman–Crippen LogP) is 3.74. The first kappa shape index (κ1) is 19.2. The van der Waals surface area contributed by atoms with Crippen LogP contribution in [0, 0.1) is 0 Å². The molecule has 2 aromatic carbocycles. The number of hydrogen-bond acceptors (Lipinski definition) is 3. The predicted molar refractivity (Wildman–Crippen MR) is 103 cm³/mol. The molecule has 2 rings (SSSR count). The van der Waals surface area contributed by atoms with E-state index in [0.717, 1.165) is 0 Å². The van der Waals surface area contributed by atoms with Crippen LogP contribution in [0.15, 0.2) is 48.5 Å². The molecule has 26 heavy (non-hydrogen) atoms. The Balaban J connectivity index is 1.89. The average molecular weight is 353 g/mol. The van der Waals surface area contributed by atoms with Crippen molar-refractivity contribution in [2.24, 2.45) is 0 Å². The summed E-state index contributed by atoms with van der Waals surface area (Å²) in [6, 6.07) is 14.3. The number of amides is 3. The van der Waals surface area contributed by atoms with E-state index in [0.29, 0.717) is 23.0 Å². The molecule has 0 bridgehead atoms. The summed E-state index contributed by atoms with van der Waals surface area (Å²) in [5, 5.41) is 7.99. The molecule has 0 saturated heterocycles. The van der Waals surface area contributed by atoms with Crippen molar-refractivity contribution in [1.82, 2.24) is 0 Å². The van der Waals surface area contributed by atoms with E-state index in [1.165, 1.54) is 12.5 Å². The molecule has 0 radical (unpaired) electrons. The van der Waals surface area contributed by atoms with Crippen LogP contribution < -0.4 is 16.0 Å². The molecule has 3 amide bonds. The van der Waals surface area contributed by atoms with Gasteiger partial charge in [0.25, 0.3) is 0 Å². The molecule has 0 saturated carbocycles. The zero-order chi connectivity index (χ0) is 19.1. The van der Waals surface area contributed by atoms with Gasteiger partial charge in [-0.05, 0) is 41.8 Å². The van der Waals surface area contributed by atoms with Gasteiger partial charge in [-0.1, -0.05) is 32.0 Å². The maximum Gasteiger partial charge on any atom is 0.233 e. The smallest absolute Gasteiger partial charge is 0.233 e. The van der Waals surface area contributed by atoms with Crippen LogP contribution in [0.4, 0.5) is 17.1 Å². The highest BCUT2D eigenvalue weighted by atomic mass is 16.2. The zero-order valence-electron chi connectivity index (χ0n) is 15.1. The SMILES string of the molecule is CC(=O)Nc1cccc(NC(=O)CC(=O)Nc2ccc(C(C)C)cc2)c1. The Morgan fingerprint density at radius 3 is 1.88 bits per heavy atom. The largest absolute Gasteiger partial charge is 0.326 e. The van der Waals surface area contributed by atoms with E-state index >= 15 is 0 Å². The Bertz CT molecular complexity index is 798. The first-order valence-corrected chi connectivity index (χ1v) is 8.41. The third-order valence-corrected chi connectivity index (χ3v) is 3.65. The van der Waals surface area contributed by atoms with E-state index < -0.39 is 11.8 Å². The average Bonchev–Trinajstić information content (AvgIpc) is 2.54. The maximum absolute atomic E-state index is 12.0. The summed E-state index contributed by atoms with van der Waals surface area (Å²) in [6.45, 7) is 5.60. The minimum atomic E-state index is -0.429. The summed E-state index contributed by atoms with van der Waals surface area (Å²) < 4.78 is 0. The molecule has 0 fully saturated rings. The molecule has 0 aliphatic carbocycles. The summed E-state index contributed by atoms with van der Waals surface area (Å²) in [5.74, 6) is -0.603. The van der Waals surface area contributed by atoms with E-state index in [1.54, 1.807) is 24.3 Å². The van der Waals surface area contributed by atoms with Crippen molar-refractivity contribution in [2.45, 2.75) is 33.1 Å². The highest BCUT2D eigenvalue weighted by Gasteiger charge is 2.11. The van der Waals surface area contributed by atoms with Gasteiger partial charge < -0.3 is 16.0 Å². The van der Waals surface area contributed by atoms with Crippen molar-refractivity contribution in [3.05, 3.63) is 54.1 Å². The fourth-order valence-corrected chi connectivity index (χ4v) is 2.39. The lowest BCUT2D eigenvalue weighted by Crippen LogP contribution is -2.21. The summed E-state index contributed by atoms with van der Waals surface area (Å²) in [7, 11) is 0. The van der Waals surface area contributed by atoms with Gasteiger partial charge in [-0.3, -0.25) is 14.4 Å². The van der Waals surface area contributed by atoms with Crippen molar-refractivity contribution in [1.29, 1.82) is 0 Å². The normalized spacial score (nSPS) is 10.3. The quantitative estimate of drug-likeness (QED) is 0.692. The second-order valence-corrected chi connectivity index (χ2v) is 6.31. The van der Waals surface area contributed by atoms with Crippen LogP contribution in [0.25, 0.3) is 0 Å². The van der Waals surface area contributed by atoms with Gasteiger partial charge in [-0.15, -0.1) is 0 Å². The highest BCUT2D eigenvalue weighted by Crippen LogP contribution is 2.18. The lowest BCUT2D eigenvalue weighted by molar-refractivity contribution is -0.123. The highest BCUT2D eigenvalue weighted by molar-refractivity contribution is 6.08. The summed E-state index contributed by atoms with van der Waals surface area (Å²) in [5.41, 5.74) is 2.92. The van der Waals surface area contributed by atoms with Crippen LogP contribution in [0.5, 0.6) is 0 Å². The molecular weight excluding hydrogens is 330 g/mol. The number of anilines is 3. The van der Waals surface area contributed by atoms with Gasteiger partial charge in [0.1, 0.15) is 6.42 Å². The molecule has 0 atom stereocenters. The Morgan fingerprint density at radius 2 is 1.35 bits per heavy atom. The van der Waals surface area contributed by atoms with Crippen LogP contribution in [-0.4, -0.2) is 17.7 Å². The number of rotatable bonds is 6. The van der Waals surface area contributed by atoms with Crippen molar-refractivity contribution in [3.8, 4) is 0 Å². The molecular formula is C20H23N3O3. The number of nitrogens with one attached hydrogen (secondary N) is 3. The molecule has 6 nitrogen and oxygen atoms in total. The second kappa shape index (κ2) is 8.80. The van der Waals surface area contributed by atoms with Gasteiger partial charge in [-0.25, -0.2) is 0 Å². The molecule has 0 unspecified atom stereocenters. The molecule has 0 aliphatic heterocycles. The number of carbonyl (C=O) groups is 3. The lowest BCUT2D eigenvalue weighted by Gasteiger charge is -2.09.